The van der Waals surface area contributed by atoms with Gasteiger partial charge in [-0.15, -0.1) is 11.3 Å². The lowest BCUT2D eigenvalue weighted by Gasteiger charge is -2.16. The minimum atomic E-state index is 0.0997. The van der Waals surface area contributed by atoms with Gasteiger partial charge in [0.05, 0.1) is 17.1 Å². The molecule has 0 unspecified atom stereocenters. The molecular formula is C18H22N2OS. The maximum Gasteiger partial charge on any atom is 0.224 e. The van der Waals surface area contributed by atoms with Gasteiger partial charge in [0.25, 0.3) is 0 Å². The zero-order valence-electron chi connectivity index (χ0n) is 13.0. The number of amides is 1. The number of nitrogens with one attached hydrogen (secondary N) is 1. The van der Waals surface area contributed by atoms with E-state index in [0.717, 1.165) is 29.1 Å². The lowest BCUT2D eigenvalue weighted by molar-refractivity contribution is -0.120. The van der Waals surface area contributed by atoms with Crippen molar-refractivity contribution in [2.24, 2.45) is 0 Å². The van der Waals surface area contributed by atoms with Gasteiger partial charge in [-0.2, -0.15) is 0 Å². The van der Waals surface area contributed by atoms with E-state index in [2.05, 4.69) is 33.9 Å². The van der Waals surface area contributed by atoms with Crippen molar-refractivity contribution in [2.45, 2.75) is 45.4 Å². The summed E-state index contributed by atoms with van der Waals surface area (Å²) in [4.78, 5) is 16.5. The summed E-state index contributed by atoms with van der Waals surface area (Å²) in [7, 11) is 0. The van der Waals surface area contributed by atoms with Gasteiger partial charge in [-0.25, -0.2) is 4.98 Å². The number of hydrogen-bond acceptors (Lipinski definition) is 3. The summed E-state index contributed by atoms with van der Waals surface area (Å²) < 4.78 is 0. The lowest BCUT2D eigenvalue weighted by Crippen LogP contribution is -2.27. The molecule has 1 aliphatic carbocycles. The van der Waals surface area contributed by atoms with E-state index in [1.54, 1.807) is 11.3 Å². The first-order valence-corrected chi connectivity index (χ1v) is 8.87. The van der Waals surface area contributed by atoms with Gasteiger partial charge in [-0.05, 0) is 49.3 Å². The Labute approximate surface area is 135 Å². The molecule has 116 valence electrons. The van der Waals surface area contributed by atoms with Gasteiger partial charge >= 0.3 is 0 Å². The highest BCUT2D eigenvalue weighted by molar-refractivity contribution is 7.09. The molecule has 1 aromatic heterocycles. The minimum Gasteiger partial charge on any atom is -0.355 e. The third kappa shape index (κ3) is 3.95. The van der Waals surface area contributed by atoms with Crippen LogP contribution in [-0.4, -0.2) is 17.4 Å². The molecule has 0 atom stereocenters. The van der Waals surface area contributed by atoms with Crippen molar-refractivity contribution in [1.82, 2.24) is 10.3 Å². The first-order chi connectivity index (χ1) is 10.7. The van der Waals surface area contributed by atoms with Gasteiger partial charge in [0.2, 0.25) is 5.91 Å². The number of benzene rings is 1. The molecule has 3 nitrogen and oxygen atoms in total. The van der Waals surface area contributed by atoms with Gasteiger partial charge in [-0.3, -0.25) is 4.79 Å². The second-order valence-electron chi connectivity index (χ2n) is 5.94. The van der Waals surface area contributed by atoms with Crippen molar-refractivity contribution in [3.8, 4) is 0 Å². The largest absolute Gasteiger partial charge is 0.355 e. The number of thiazole rings is 1. The number of rotatable bonds is 5. The fraction of sp³-hybridized carbons (Fsp3) is 0.444. The number of fused-ring (bicyclic) bond motifs is 1. The molecule has 1 N–H and O–H groups in total. The van der Waals surface area contributed by atoms with E-state index in [-0.39, 0.29) is 5.91 Å². The molecule has 22 heavy (non-hydrogen) atoms. The Morgan fingerprint density at radius 2 is 2.09 bits per heavy atom. The van der Waals surface area contributed by atoms with Crippen LogP contribution in [0.25, 0.3) is 0 Å². The molecule has 0 fully saturated rings. The van der Waals surface area contributed by atoms with Gasteiger partial charge in [0, 0.05) is 18.3 Å². The van der Waals surface area contributed by atoms with Crippen LogP contribution in [-0.2, 0) is 30.5 Å². The van der Waals surface area contributed by atoms with Crippen LogP contribution in [0, 0.1) is 6.92 Å². The molecule has 0 bridgehead atoms. The predicted octanol–water partition coefficient (Wildman–Crippen LogP) is 3.23. The summed E-state index contributed by atoms with van der Waals surface area (Å²) in [5.74, 6) is 0.0997. The SMILES string of the molecule is Cc1nc(CCNC(=O)Cc2ccc3c(c2)CCCC3)cs1. The normalized spacial score (nSPS) is 13.7. The fourth-order valence-corrected chi connectivity index (χ4v) is 3.64. The number of carbonyl (C=O) groups is 1. The van der Waals surface area contributed by atoms with Gasteiger partial charge in [0.15, 0.2) is 0 Å². The van der Waals surface area contributed by atoms with Crippen molar-refractivity contribution in [3.05, 3.63) is 51.0 Å². The monoisotopic (exact) mass is 314 g/mol. The average molecular weight is 314 g/mol. The average Bonchev–Trinajstić information content (AvgIpc) is 2.92. The van der Waals surface area contributed by atoms with Crippen molar-refractivity contribution in [1.29, 1.82) is 0 Å². The van der Waals surface area contributed by atoms with E-state index < -0.39 is 0 Å². The summed E-state index contributed by atoms with van der Waals surface area (Å²) >= 11 is 1.66. The van der Waals surface area contributed by atoms with Gasteiger partial charge in [0.1, 0.15) is 0 Å². The number of nitrogens with zero attached hydrogens (tertiary/aromatic N) is 1. The molecule has 0 aliphatic heterocycles. The van der Waals surface area contributed by atoms with E-state index in [0.29, 0.717) is 13.0 Å². The van der Waals surface area contributed by atoms with Crippen molar-refractivity contribution in [3.63, 3.8) is 0 Å². The molecule has 1 amide bonds. The Hall–Kier alpha value is -1.68. The van der Waals surface area contributed by atoms with Gasteiger partial charge in [-0.1, -0.05) is 18.2 Å². The maximum absolute atomic E-state index is 12.0. The van der Waals surface area contributed by atoms with Crippen molar-refractivity contribution >= 4 is 17.2 Å². The molecule has 0 radical (unpaired) electrons. The summed E-state index contributed by atoms with van der Waals surface area (Å²) in [5, 5.41) is 6.13. The molecule has 0 saturated heterocycles. The molecule has 3 rings (SSSR count). The Morgan fingerprint density at radius 1 is 1.27 bits per heavy atom. The standard InChI is InChI=1S/C18H22N2OS/c1-13-20-17(12-22-13)8-9-19-18(21)11-14-6-7-15-4-2-3-5-16(15)10-14/h6-7,10,12H,2-5,8-9,11H2,1H3,(H,19,21). The van der Waals surface area contributed by atoms with Crippen LogP contribution in [0.1, 0.15) is 40.2 Å². The van der Waals surface area contributed by atoms with E-state index in [1.807, 2.05) is 6.92 Å². The fourth-order valence-electron chi connectivity index (χ4n) is 3.00. The zero-order valence-corrected chi connectivity index (χ0v) is 13.8. The summed E-state index contributed by atoms with van der Waals surface area (Å²) in [6.45, 7) is 2.66. The number of aryl methyl sites for hydroxylation is 3. The molecule has 1 heterocycles. The zero-order chi connectivity index (χ0) is 15.4. The third-order valence-corrected chi connectivity index (χ3v) is 4.97. The Morgan fingerprint density at radius 3 is 2.86 bits per heavy atom. The molecule has 1 aromatic carbocycles. The minimum absolute atomic E-state index is 0.0997. The molecule has 1 aliphatic rings. The first-order valence-electron chi connectivity index (χ1n) is 7.99. The molecule has 2 aromatic rings. The third-order valence-electron chi connectivity index (χ3n) is 4.15. The van der Waals surface area contributed by atoms with Crippen LogP contribution in [0.3, 0.4) is 0 Å². The van der Waals surface area contributed by atoms with E-state index in [4.69, 9.17) is 0 Å². The van der Waals surface area contributed by atoms with Crippen LogP contribution in [0.2, 0.25) is 0 Å². The summed E-state index contributed by atoms with van der Waals surface area (Å²) in [6.07, 6.45) is 6.20. The van der Waals surface area contributed by atoms with Crippen LogP contribution in [0.15, 0.2) is 23.6 Å². The summed E-state index contributed by atoms with van der Waals surface area (Å²) in [6, 6.07) is 6.53. The number of aromatic nitrogens is 1. The van der Waals surface area contributed by atoms with Gasteiger partial charge < -0.3 is 5.32 Å². The Bertz CT molecular complexity index is 663. The van der Waals surface area contributed by atoms with Crippen LogP contribution >= 0.6 is 11.3 Å². The topological polar surface area (TPSA) is 42.0 Å². The van der Waals surface area contributed by atoms with E-state index in [9.17, 15) is 4.79 Å². The highest BCUT2D eigenvalue weighted by Crippen LogP contribution is 2.22. The highest BCUT2D eigenvalue weighted by atomic mass is 32.1. The predicted molar refractivity (Wildman–Crippen MR) is 90.4 cm³/mol. The smallest absolute Gasteiger partial charge is 0.224 e. The molecular weight excluding hydrogens is 292 g/mol. The second kappa shape index (κ2) is 7.05. The number of carbonyl (C=O) groups excluding carboxylic acids is 1. The number of hydrogen-bond donors (Lipinski definition) is 1. The van der Waals surface area contributed by atoms with Crippen LogP contribution < -0.4 is 5.32 Å². The molecule has 0 saturated carbocycles. The van der Waals surface area contributed by atoms with Crippen LogP contribution in [0.4, 0.5) is 0 Å². The van der Waals surface area contributed by atoms with Crippen molar-refractivity contribution in [2.75, 3.05) is 6.54 Å². The Balaban J connectivity index is 1.49. The second-order valence-corrected chi connectivity index (χ2v) is 7.01. The van der Waals surface area contributed by atoms with Crippen LogP contribution in [0.5, 0.6) is 0 Å². The van der Waals surface area contributed by atoms with E-state index >= 15 is 0 Å². The molecule has 4 heteroatoms. The lowest BCUT2D eigenvalue weighted by atomic mass is 9.90. The molecule has 0 spiro atoms. The quantitative estimate of drug-likeness (QED) is 0.920. The first kappa shape index (κ1) is 15.2. The maximum atomic E-state index is 12.0. The van der Waals surface area contributed by atoms with Crippen molar-refractivity contribution < 1.29 is 4.79 Å². The summed E-state index contributed by atoms with van der Waals surface area (Å²) in [5.41, 5.74) is 5.10. The highest BCUT2D eigenvalue weighted by Gasteiger charge is 2.11. The van der Waals surface area contributed by atoms with E-state index in [1.165, 1.54) is 30.4 Å². The Kier molecular flexibility index (Phi) is 4.88.